The Morgan fingerprint density at radius 3 is 2.50 bits per heavy atom. The highest BCUT2D eigenvalue weighted by Crippen LogP contribution is 1.99. The van der Waals surface area contributed by atoms with E-state index in [4.69, 9.17) is 0 Å². The molecule has 0 saturated heterocycles. The zero-order chi connectivity index (χ0) is 9.40. The molecule has 0 rings (SSSR count). The Morgan fingerprint density at radius 1 is 1.42 bits per heavy atom. The number of carbonyl (C=O) groups excluding carboxylic acids is 1. The summed E-state index contributed by atoms with van der Waals surface area (Å²) < 4.78 is 0. The third-order valence-corrected chi connectivity index (χ3v) is 2.01. The average Bonchev–Trinajstić information content (AvgIpc) is 2.04. The maximum atomic E-state index is 11.0. The van der Waals surface area contributed by atoms with Gasteiger partial charge >= 0.3 is 0 Å². The van der Waals surface area contributed by atoms with Gasteiger partial charge in [0.25, 0.3) is 0 Å². The summed E-state index contributed by atoms with van der Waals surface area (Å²) in [6, 6.07) is 0.0573. The number of unbranched alkanes of at least 4 members (excludes halogenated alkanes) is 1. The Hall–Kier alpha value is -0.345. The van der Waals surface area contributed by atoms with Crippen molar-refractivity contribution in [3.8, 4) is 0 Å². The summed E-state index contributed by atoms with van der Waals surface area (Å²) in [4.78, 5) is 11.0. The minimum absolute atomic E-state index is 0.0573. The third kappa shape index (κ3) is 5.32. The molecule has 0 heterocycles. The molecule has 0 radical (unpaired) electrons. The molecular weight excluding hydrogens is 151 g/mol. The van der Waals surface area contributed by atoms with E-state index in [1.807, 2.05) is 14.1 Å². The Morgan fingerprint density at radius 2 is 2.08 bits per heavy atom. The van der Waals surface area contributed by atoms with Crippen molar-refractivity contribution in [2.75, 3.05) is 20.6 Å². The largest absolute Gasteiger partial charge is 0.320 e. The van der Waals surface area contributed by atoms with Crippen molar-refractivity contribution in [1.82, 2.24) is 10.6 Å². The fourth-order valence-corrected chi connectivity index (χ4v) is 1.20. The van der Waals surface area contributed by atoms with Crippen molar-refractivity contribution in [2.24, 2.45) is 0 Å². The summed E-state index contributed by atoms with van der Waals surface area (Å²) >= 11 is 0. The molecule has 0 aliphatic heterocycles. The maximum Gasteiger partial charge on any atom is 0.189 e. The Kier molecular flexibility index (Phi) is 7.10. The zero-order valence-corrected chi connectivity index (χ0v) is 8.31. The van der Waals surface area contributed by atoms with Crippen LogP contribution in [0.2, 0.25) is 0 Å². The lowest BCUT2D eigenvalue weighted by Crippen LogP contribution is -2.34. The molecule has 0 fully saturated rings. The highest BCUT2D eigenvalue weighted by atomic mass is 16.1. The van der Waals surface area contributed by atoms with E-state index in [1.54, 1.807) is 7.85 Å². The van der Waals surface area contributed by atoms with Crippen LogP contribution >= 0.6 is 0 Å². The van der Waals surface area contributed by atoms with Crippen LogP contribution in [0, 0.1) is 0 Å². The van der Waals surface area contributed by atoms with Crippen LogP contribution in [0.3, 0.4) is 0 Å². The molecular formula is C8H19BN2O. The molecule has 0 aliphatic rings. The standard InChI is InChI=1S/C8H19BN2O/c1-10-6-4-3-5-7(11-2)8(9)12/h7,10-11H,3-6,9H2,1-2H3. The smallest absolute Gasteiger partial charge is 0.189 e. The number of hydrogen-bond acceptors (Lipinski definition) is 3. The molecule has 1 atom stereocenters. The summed E-state index contributed by atoms with van der Waals surface area (Å²) in [7, 11) is 5.42. The van der Waals surface area contributed by atoms with E-state index >= 15 is 0 Å². The summed E-state index contributed by atoms with van der Waals surface area (Å²) in [6.07, 6.45) is 3.20. The molecule has 0 aromatic rings. The molecule has 0 aromatic heterocycles. The van der Waals surface area contributed by atoms with Crippen molar-refractivity contribution in [2.45, 2.75) is 25.3 Å². The second-order valence-corrected chi connectivity index (χ2v) is 3.05. The molecule has 0 aromatic carbocycles. The highest BCUT2D eigenvalue weighted by molar-refractivity contribution is 6.59. The van der Waals surface area contributed by atoms with E-state index in [1.165, 1.54) is 0 Å². The molecule has 3 nitrogen and oxygen atoms in total. The predicted octanol–water partition coefficient (Wildman–Crippen LogP) is -0.876. The molecule has 0 saturated carbocycles. The number of likely N-dealkylation sites (N-methyl/N-ethyl adjacent to an activating group) is 1. The summed E-state index contributed by atoms with van der Waals surface area (Å²) in [5, 5.41) is 6.09. The predicted molar refractivity (Wildman–Crippen MR) is 54.2 cm³/mol. The van der Waals surface area contributed by atoms with Gasteiger partial charge in [0.2, 0.25) is 0 Å². The van der Waals surface area contributed by atoms with Crippen molar-refractivity contribution >= 4 is 13.5 Å². The van der Waals surface area contributed by atoms with Gasteiger partial charge in [0.05, 0.1) is 11.7 Å². The number of nitrogens with one attached hydrogen (secondary N) is 2. The molecule has 0 amide bonds. The van der Waals surface area contributed by atoms with Crippen molar-refractivity contribution in [1.29, 1.82) is 0 Å². The molecule has 0 bridgehead atoms. The first-order chi connectivity index (χ1) is 5.72. The zero-order valence-electron chi connectivity index (χ0n) is 8.31. The Labute approximate surface area is 75.7 Å². The Balaban J connectivity index is 3.38. The first-order valence-electron chi connectivity index (χ1n) is 4.54. The SMILES string of the molecule is BC(=O)C(CCCCNC)NC. The minimum Gasteiger partial charge on any atom is -0.320 e. The van der Waals surface area contributed by atoms with E-state index in [2.05, 4.69) is 10.6 Å². The topological polar surface area (TPSA) is 41.1 Å². The Bertz CT molecular complexity index is 130. The molecule has 0 spiro atoms. The summed E-state index contributed by atoms with van der Waals surface area (Å²) in [5.74, 6) is 0. The highest BCUT2D eigenvalue weighted by Gasteiger charge is 2.09. The van der Waals surface area contributed by atoms with Gasteiger partial charge in [-0.05, 0) is 33.5 Å². The van der Waals surface area contributed by atoms with Gasteiger partial charge in [0.1, 0.15) is 0 Å². The van der Waals surface area contributed by atoms with E-state index in [9.17, 15) is 4.79 Å². The lowest BCUT2D eigenvalue weighted by molar-refractivity contribution is -0.113. The van der Waals surface area contributed by atoms with Crippen LogP contribution in [0.25, 0.3) is 0 Å². The third-order valence-electron chi connectivity index (χ3n) is 2.01. The number of hydrogen-bond donors (Lipinski definition) is 2. The van der Waals surface area contributed by atoms with Gasteiger partial charge in [-0.2, -0.15) is 0 Å². The summed E-state index contributed by atoms with van der Waals surface area (Å²) in [6.45, 7) is 1.04. The van der Waals surface area contributed by atoms with Gasteiger partial charge < -0.3 is 15.4 Å². The monoisotopic (exact) mass is 170 g/mol. The molecule has 12 heavy (non-hydrogen) atoms. The van der Waals surface area contributed by atoms with Gasteiger partial charge in [0, 0.05) is 0 Å². The van der Waals surface area contributed by atoms with Crippen molar-refractivity contribution in [3.63, 3.8) is 0 Å². The van der Waals surface area contributed by atoms with Crippen LogP contribution in [-0.4, -0.2) is 40.2 Å². The first-order valence-corrected chi connectivity index (χ1v) is 4.54. The van der Waals surface area contributed by atoms with Crippen LogP contribution < -0.4 is 10.6 Å². The van der Waals surface area contributed by atoms with Gasteiger partial charge in [-0.1, -0.05) is 6.42 Å². The molecule has 1 unspecified atom stereocenters. The summed E-state index contributed by atoms with van der Waals surface area (Å²) in [5.41, 5.74) is 0.238. The fraction of sp³-hybridized carbons (Fsp3) is 0.875. The number of carbonyl (C=O) groups is 1. The molecule has 4 heteroatoms. The van der Waals surface area contributed by atoms with Crippen LogP contribution in [0.1, 0.15) is 19.3 Å². The van der Waals surface area contributed by atoms with Crippen molar-refractivity contribution in [3.05, 3.63) is 0 Å². The first kappa shape index (κ1) is 11.7. The van der Waals surface area contributed by atoms with Crippen LogP contribution in [0.5, 0.6) is 0 Å². The minimum atomic E-state index is 0.0573. The van der Waals surface area contributed by atoms with Crippen LogP contribution in [0.4, 0.5) is 0 Å². The van der Waals surface area contributed by atoms with Gasteiger partial charge in [0.15, 0.2) is 7.85 Å². The van der Waals surface area contributed by atoms with Gasteiger partial charge in [-0.15, -0.1) is 0 Å². The molecule has 2 N–H and O–H groups in total. The van der Waals surface area contributed by atoms with E-state index in [0.717, 1.165) is 25.8 Å². The van der Waals surface area contributed by atoms with E-state index in [0.29, 0.717) is 0 Å². The van der Waals surface area contributed by atoms with Gasteiger partial charge in [-0.3, -0.25) is 0 Å². The second-order valence-electron chi connectivity index (χ2n) is 3.05. The fourth-order valence-electron chi connectivity index (χ4n) is 1.20. The molecule has 70 valence electrons. The lowest BCUT2D eigenvalue weighted by Gasteiger charge is -2.11. The maximum absolute atomic E-state index is 11.0. The van der Waals surface area contributed by atoms with Crippen LogP contribution in [0.15, 0.2) is 0 Å². The lowest BCUT2D eigenvalue weighted by atomic mass is 9.91. The molecule has 0 aliphatic carbocycles. The quantitative estimate of drug-likeness (QED) is 0.385. The van der Waals surface area contributed by atoms with E-state index < -0.39 is 0 Å². The second kappa shape index (κ2) is 7.31. The van der Waals surface area contributed by atoms with Crippen LogP contribution in [-0.2, 0) is 4.79 Å². The van der Waals surface area contributed by atoms with E-state index in [-0.39, 0.29) is 11.7 Å². The average molecular weight is 170 g/mol. The van der Waals surface area contributed by atoms with Crippen molar-refractivity contribution < 1.29 is 4.79 Å². The number of rotatable bonds is 7. The normalized spacial score (nSPS) is 12.8. The van der Waals surface area contributed by atoms with Gasteiger partial charge in [-0.25, -0.2) is 0 Å².